The Balaban J connectivity index is 1.27. The van der Waals surface area contributed by atoms with Gasteiger partial charge in [0.25, 0.3) is 0 Å². The van der Waals surface area contributed by atoms with Crippen LogP contribution in [-0.2, 0) is 4.79 Å². The summed E-state index contributed by atoms with van der Waals surface area (Å²) >= 11 is 0. The van der Waals surface area contributed by atoms with Crippen molar-refractivity contribution in [2.75, 3.05) is 50.7 Å². The molecule has 0 aliphatic carbocycles. The number of hydrogen-bond donors (Lipinski definition) is 1. The van der Waals surface area contributed by atoms with Crippen molar-refractivity contribution in [1.29, 1.82) is 0 Å². The third-order valence-corrected chi connectivity index (χ3v) is 7.33. The van der Waals surface area contributed by atoms with Crippen molar-refractivity contribution >= 4 is 17.6 Å². The molecule has 3 aliphatic heterocycles. The topological polar surface area (TPSA) is 65.1 Å². The van der Waals surface area contributed by atoms with Crippen LogP contribution in [0.1, 0.15) is 57.4 Å². The molecule has 1 aromatic rings. The Hall–Kier alpha value is -2.28. The fourth-order valence-electron chi connectivity index (χ4n) is 5.20. The van der Waals surface area contributed by atoms with Crippen molar-refractivity contribution in [2.45, 2.75) is 64.9 Å². The van der Waals surface area contributed by atoms with E-state index in [1.165, 1.54) is 25.7 Å². The third-order valence-electron chi connectivity index (χ3n) is 7.33. The maximum absolute atomic E-state index is 13.4. The van der Waals surface area contributed by atoms with E-state index in [2.05, 4.69) is 17.1 Å². The summed E-state index contributed by atoms with van der Waals surface area (Å²) in [4.78, 5) is 32.4. The highest BCUT2D eigenvalue weighted by atomic mass is 16.5. The number of carbonyl (C=O) groups is 2. The minimum Gasteiger partial charge on any atom is -0.486 e. The average Bonchev–Trinajstić information content (AvgIpc) is 3.12. The van der Waals surface area contributed by atoms with Crippen LogP contribution in [0.3, 0.4) is 0 Å². The lowest BCUT2D eigenvalue weighted by atomic mass is 9.96. The van der Waals surface area contributed by atoms with Gasteiger partial charge in [0.15, 0.2) is 0 Å². The third kappa shape index (κ3) is 5.99. The van der Waals surface area contributed by atoms with Crippen LogP contribution in [0, 0.1) is 12.8 Å². The van der Waals surface area contributed by atoms with Gasteiger partial charge in [0, 0.05) is 32.1 Å². The van der Waals surface area contributed by atoms with Crippen molar-refractivity contribution in [3.63, 3.8) is 0 Å². The van der Waals surface area contributed by atoms with E-state index < -0.39 is 0 Å². The molecule has 0 radical (unpaired) electrons. The van der Waals surface area contributed by atoms with E-state index in [0.717, 1.165) is 62.4 Å². The molecule has 1 N–H and O–H groups in total. The summed E-state index contributed by atoms with van der Waals surface area (Å²) in [7, 11) is 0. The normalized spacial score (nSPS) is 22.3. The first-order valence-corrected chi connectivity index (χ1v) is 12.9. The Morgan fingerprint density at radius 2 is 1.79 bits per heavy atom. The molecule has 7 heteroatoms. The Morgan fingerprint density at radius 1 is 1.06 bits per heavy atom. The van der Waals surface area contributed by atoms with E-state index in [9.17, 15) is 9.59 Å². The Morgan fingerprint density at radius 3 is 2.48 bits per heavy atom. The number of aryl methyl sites for hydroxylation is 1. The van der Waals surface area contributed by atoms with Crippen LogP contribution in [0.25, 0.3) is 0 Å². The van der Waals surface area contributed by atoms with Crippen molar-refractivity contribution in [3.05, 3.63) is 23.8 Å². The van der Waals surface area contributed by atoms with Crippen LogP contribution < -0.4 is 15.0 Å². The molecule has 1 atom stereocenters. The number of likely N-dealkylation sites (tertiary alicyclic amines) is 2. The zero-order chi connectivity index (χ0) is 23.2. The second kappa shape index (κ2) is 11.2. The van der Waals surface area contributed by atoms with E-state index in [1.54, 1.807) is 0 Å². The average molecular weight is 457 g/mol. The number of amides is 3. The number of rotatable bonds is 5. The Kier molecular flexibility index (Phi) is 8.12. The van der Waals surface area contributed by atoms with Crippen molar-refractivity contribution < 1.29 is 14.3 Å². The van der Waals surface area contributed by atoms with E-state index in [1.807, 2.05) is 34.9 Å². The lowest BCUT2D eigenvalue weighted by Crippen LogP contribution is -2.52. The second-order valence-electron chi connectivity index (χ2n) is 9.82. The summed E-state index contributed by atoms with van der Waals surface area (Å²) in [5, 5.41) is 3.15. The lowest BCUT2D eigenvalue weighted by molar-refractivity contribution is -0.126. The zero-order valence-electron chi connectivity index (χ0n) is 20.4. The minimum atomic E-state index is 0.000735. The van der Waals surface area contributed by atoms with E-state index in [-0.39, 0.29) is 24.0 Å². The molecule has 33 heavy (non-hydrogen) atoms. The van der Waals surface area contributed by atoms with Crippen LogP contribution in [0.15, 0.2) is 18.2 Å². The number of nitrogens with one attached hydrogen (secondary N) is 1. The van der Waals surface area contributed by atoms with E-state index in [0.29, 0.717) is 19.6 Å². The molecule has 3 heterocycles. The summed E-state index contributed by atoms with van der Waals surface area (Å²) in [6.07, 6.45) is 7.52. The molecular weight excluding hydrogens is 416 g/mol. The molecule has 182 valence electrons. The molecule has 0 spiro atoms. The van der Waals surface area contributed by atoms with Gasteiger partial charge in [0.2, 0.25) is 5.91 Å². The molecule has 7 nitrogen and oxygen atoms in total. The van der Waals surface area contributed by atoms with Gasteiger partial charge in [-0.3, -0.25) is 9.69 Å². The maximum atomic E-state index is 13.4. The number of urea groups is 1. The first-order valence-electron chi connectivity index (χ1n) is 12.9. The molecule has 3 amide bonds. The van der Waals surface area contributed by atoms with E-state index in [4.69, 9.17) is 4.74 Å². The summed E-state index contributed by atoms with van der Waals surface area (Å²) in [5.41, 5.74) is 1.97. The van der Waals surface area contributed by atoms with Crippen LogP contribution >= 0.6 is 0 Å². The predicted molar refractivity (Wildman–Crippen MR) is 131 cm³/mol. The van der Waals surface area contributed by atoms with Crippen molar-refractivity contribution in [1.82, 2.24) is 15.1 Å². The maximum Gasteiger partial charge on any atom is 0.324 e. The van der Waals surface area contributed by atoms with E-state index >= 15 is 0 Å². The number of ether oxygens (including phenoxy) is 1. The molecular formula is C26H40N4O3. The molecule has 1 unspecified atom stereocenters. The van der Waals surface area contributed by atoms with Gasteiger partial charge >= 0.3 is 6.03 Å². The highest BCUT2D eigenvalue weighted by molar-refractivity contribution is 5.94. The Bertz CT molecular complexity index is 814. The van der Waals surface area contributed by atoms with Gasteiger partial charge in [-0.1, -0.05) is 25.8 Å². The Labute approximate surface area is 198 Å². The molecule has 0 saturated carbocycles. The number of hydrogen-bond acceptors (Lipinski definition) is 4. The van der Waals surface area contributed by atoms with Gasteiger partial charge in [-0.2, -0.15) is 0 Å². The molecule has 3 aliphatic rings. The summed E-state index contributed by atoms with van der Waals surface area (Å²) in [5.74, 6) is 0.932. The molecule has 0 bridgehead atoms. The van der Waals surface area contributed by atoms with Crippen LogP contribution in [0.4, 0.5) is 10.5 Å². The van der Waals surface area contributed by atoms with Crippen LogP contribution in [0.2, 0.25) is 0 Å². The number of carbonyl (C=O) groups excluding carboxylic acids is 2. The van der Waals surface area contributed by atoms with Crippen molar-refractivity contribution in [2.24, 2.45) is 5.92 Å². The first kappa shape index (κ1) is 23.9. The second-order valence-corrected chi connectivity index (χ2v) is 9.82. The quantitative estimate of drug-likeness (QED) is 0.732. The fraction of sp³-hybridized carbons (Fsp3) is 0.692. The standard InChI is InChI=1S/C26H40N4O3/c1-3-22-19-30(23-18-20(2)8-9-24(23)33-22)26(32)29-15-10-21(11-16-29)25(31)27-12-17-28-13-6-4-5-7-14-28/h8-9,18,21-22H,3-7,10-17,19H2,1-2H3,(H,27,31). The molecule has 4 rings (SSSR count). The molecule has 2 saturated heterocycles. The van der Waals surface area contributed by atoms with Crippen LogP contribution in [0.5, 0.6) is 5.75 Å². The first-order chi connectivity index (χ1) is 16.0. The summed E-state index contributed by atoms with van der Waals surface area (Å²) < 4.78 is 6.07. The van der Waals surface area contributed by atoms with Crippen LogP contribution in [-0.4, -0.2) is 73.7 Å². The van der Waals surface area contributed by atoms with Gasteiger partial charge in [-0.15, -0.1) is 0 Å². The molecule has 1 aromatic carbocycles. The summed E-state index contributed by atoms with van der Waals surface area (Å²) in [6, 6.07) is 6.05. The number of nitrogens with zero attached hydrogens (tertiary/aromatic N) is 3. The number of anilines is 1. The minimum absolute atomic E-state index is 0.000735. The number of benzene rings is 1. The van der Waals surface area contributed by atoms with Gasteiger partial charge < -0.3 is 19.9 Å². The van der Waals surface area contributed by atoms with Gasteiger partial charge in [0.05, 0.1) is 12.2 Å². The smallest absolute Gasteiger partial charge is 0.324 e. The number of piperidine rings is 1. The SMILES string of the molecule is CCC1CN(C(=O)N2CCC(C(=O)NCCN3CCCCCC3)CC2)c2cc(C)ccc2O1. The fourth-order valence-corrected chi connectivity index (χ4v) is 5.20. The predicted octanol–water partition coefficient (Wildman–Crippen LogP) is 3.80. The molecule has 0 aromatic heterocycles. The monoisotopic (exact) mass is 456 g/mol. The largest absolute Gasteiger partial charge is 0.486 e. The van der Waals surface area contributed by atoms with Crippen molar-refractivity contribution in [3.8, 4) is 5.75 Å². The van der Waals surface area contributed by atoms with Gasteiger partial charge in [0.1, 0.15) is 11.9 Å². The lowest BCUT2D eigenvalue weighted by Gasteiger charge is -2.39. The number of fused-ring (bicyclic) bond motifs is 1. The van der Waals surface area contributed by atoms with Gasteiger partial charge in [-0.05, 0) is 69.8 Å². The highest BCUT2D eigenvalue weighted by Gasteiger charge is 2.34. The zero-order valence-corrected chi connectivity index (χ0v) is 20.4. The van der Waals surface area contributed by atoms with Gasteiger partial charge in [-0.25, -0.2) is 4.79 Å². The summed E-state index contributed by atoms with van der Waals surface area (Å²) in [6.45, 7) is 9.91. The molecule has 2 fully saturated rings. The highest BCUT2D eigenvalue weighted by Crippen LogP contribution is 2.36.